The highest BCUT2D eigenvalue weighted by Gasteiger charge is 2.16. The lowest BCUT2D eigenvalue weighted by atomic mass is 10.1. The average Bonchev–Trinajstić information content (AvgIpc) is 3.22. The third-order valence-electron chi connectivity index (χ3n) is 4.23. The summed E-state index contributed by atoms with van der Waals surface area (Å²) in [4.78, 5) is 19.1. The van der Waals surface area contributed by atoms with E-state index in [0.29, 0.717) is 10.9 Å². The molecule has 4 rings (SSSR count). The number of carbonyl (C=O) groups is 1. The summed E-state index contributed by atoms with van der Waals surface area (Å²) >= 11 is 1.46. The average molecular weight is 341 g/mol. The van der Waals surface area contributed by atoms with Gasteiger partial charge in [0, 0.05) is 0 Å². The van der Waals surface area contributed by atoms with E-state index in [0.717, 1.165) is 35.6 Å². The number of amides is 1. The fourth-order valence-electron chi connectivity index (χ4n) is 3.01. The van der Waals surface area contributed by atoms with E-state index in [4.69, 9.17) is 4.42 Å². The molecule has 1 N–H and O–H groups in total. The van der Waals surface area contributed by atoms with Crippen molar-refractivity contribution in [1.29, 1.82) is 0 Å². The van der Waals surface area contributed by atoms with Crippen LogP contribution in [0.2, 0.25) is 0 Å². The number of hydrogen-bond donors (Lipinski definition) is 1. The van der Waals surface area contributed by atoms with Crippen LogP contribution in [-0.4, -0.2) is 28.9 Å². The second kappa shape index (κ2) is 6.75. The van der Waals surface area contributed by atoms with Crippen molar-refractivity contribution in [3.05, 3.63) is 47.9 Å². The van der Waals surface area contributed by atoms with E-state index in [9.17, 15) is 4.79 Å². The number of fused-ring (bicyclic) bond motifs is 1. The molecule has 3 aromatic rings. The third kappa shape index (κ3) is 3.34. The number of likely N-dealkylation sites (tertiary alicyclic amines) is 1. The Kier molecular flexibility index (Phi) is 4.32. The standard InChI is InChI=1S/C18H19N3O2S/c22-17(20-18-19-14-6-2-3-7-16(14)24-18)15-9-8-13(23-15)12-21-10-4-1-5-11-21/h2-3,6-9H,1,4-5,10-12H2,(H,19,20,22). The van der Waals surface area contributed by atoms with Crippen molar-refractivity contribution in [2.24, 2.45) is 0 Å². The quantitative estimate of drug-likeness (QED) is 0.775. The normalized spacial score (nSPS) is 15.7. The zero-order valence-electron chi connectivity index (χ0n) is 13.3. The molecule has 0 saturated carbocycles. The molecule has 1 fully saturated rings. The van der Waals surface area contributed by atoms with Crippen molar-refractivity contribution in [2.75, 3.05) is 18.4 Å². The van der Waals surface area contributed by atoms with Gasteiger partial charge in [-0.15, -0.1) is 0 Å². The molecule has 124 valence electrons. The molecule has 3 heterocycles. The van der Waals surface area contributed by atoms with E-state index >= 15 is 0 Å². The van der Waals surface area contributed by atoms with Crippen LogP contribution < -0.4 is 5.32 Å². The molecule has 1 aliphatic rings. The van der Waals surface area contributed by atoms with Crippen LogP contribution in [0.5, 0.6) is 0 Å². The van der Waals surface area contributed by atoms with Crippen LogP contribution in [0.3, 0.4) is 0 Å². The van der Waals surface area contributed by atoms with E-state index in [1.54, 1.807) is 6.07 Å². The van der Waals surface area contributed by atoms with Gasteiger partial charge in [-0.05, 0) is 50.2 Å². The molecule has 1 saturated heterocycles. The van der Waals surface area contributed by atoms with E-state index in [1.165, 1.54) is 30.6 Å². The van der Waals surface area contributed by atoms with Crippen LogP contribution in [-0.2, 0) is 6.54 Å². The molecular weight excluding hydrogens is 322 g/mol. The number of nitrogens with one attached hydrogen (secondary N) is 1. The molecule has 2 aromatic heterocycles. The number of benzene rings is 1. The zero-order chi connectivity index (χ0) is 16.4. The van der Waals surface area contributed by atoms with Crippen LogP contribution in [0.1, 0.15) is 35.6 Å². The monoisotopic (exact) mass is 341 g/mol. The van der Waals surface area contributed by atoms with E-state index in [1.807, 2.05) is 30.3 Å². The molecule has 0 aliphatic carbocycles. The summed E-state index contributed by atoms with van der Waals surface area (Å²) in [6, 6.07) is 11.5. The minimum Gasteiger partial charge on any atom is -0.455 e. The summed E-state index contributed by atoms with van der Waals surface area (Å²) in [5, 5.41) is 3.42. The molecular formula is C18H19N3O2S. The van der Waals surface area contributed by atoms with Crippen molar-refractivity contribution < 1.29 is 9.21 Å². The van der Waals surface area contributed by atoms with Gasteiger partial charge >= 0.3 is 0 Å². The minimum absolute atomic E-state index is 0.251. The molecule has 0 atom stereocenters. The first-order valence-corrected chi connectivity index (χ1v) is 9.07. The Balaban J connectivity index is 1.42. The van der Waals surface area contributed by atoms with Gasteiger partial charge in [0.1, 0.15) is 5.76 Å². The maximum atomic E-state index is 12.3. The summed E-state index contributed by atoms with van der Waals surface area (Å²) < 4.78 is 6.77. The highest BCUT2D eigenvalue weighted by molar-refractivity contribution is 7.22. The van der Waals surface area contributed by atoms with Crippen LogP contribution in [0.4, 0.5) is 5.13 Å². The van der Waals surface area contributed by atoms with Gasteiger partial charge in [-0.2, -0.15) is 0 Å². The second-order valence-electron chi connectivity index (χ2n) is 6.04. The van der Waals surface area contributed by atoms with Gasteiger partial charge in [0.25, 0.3) is 5.91 Å². The SMILES string of the molecule is O=C(Nc1nc2ccccc2s1)c1ccc(CN2CCCCC2)o1. The maximum absolute atomic E-state index is 12.3. The lowest BCUT2D eigenvalue weighted by Crippen LogP contribution is -2.28. The molecule has 1 aromatic carbocycles. The first-order valence-electron chi connectivity index (χ1n) is 8.26. The molecule has 5 nitrogen and oxygen atoms in total. The summed E-state index contributed by atoms with van der Waals surface area (Å²) in [6.45, 7) is 2.98. The Morgan fingerprint density at radius 3 is 2.83 bits per heavy atom. The van der Waals surface area contributed by atoms with Gasteiger partial charge in [0.05, 0.1) is 16.8 Å². The number of furan rings is 1. The molecule has 0 bridgehead atoms. The Bertz CT molecular complexity index is 816. The molecule has 0 spiro atoms. The van der Waals surface area contributed by atoms with Crippen LogP contribution in [0, 0.1) is 0 Å². The summed E-state index contributed by atoms with van der Waals surface area (Å²) in [5.41, 5.74) is 0.892. The Hall–Kier alpha value is -2.18. The largest absolute Gasteiger partial charge is 0.455 e. The zero-order valence-corrected chi connectivity index (χ0v) is 14.1. The summed E-state index contributed by atoms with van der Waals surface area (Å²) in [7, 11) is 0. The van der Waals surface area contributed by atoms with Gasteiger partial charge in [0.2, 0.25) is 0 Å². The molecule has 0 radical (unpaired) electrons. The number of para-hydroxylation sites is 1. The Morgan fingerprint density at radius 1 is 1.17 bits per heavy atom. The molecule has 6 heteroatoms. The van der Waals surface area contributed by atoms with Crippen LogP contribution in [0.25, 0.3) is 10.2 Å². The van der Waals surface area contributed by atoms with Crippen LogP contribution >= 0.6 is 11.3 Å². The fourth-order valence-corrected chi connectivity index (χ4v) is 3.87. The maximum Gasteiger partial charge on any atom is 0.293 e. The number of rotatable bonds is 4. The van der Waals surface area contributed by atoms with E-state index in [2.05, 4.69) is 15.2 Å². The Morgan fingerprint density at radius 2 is 2.00 bits per heavy atom. The second-order valence-corrected chi connectivity index (χ2v) is 7.07. The van der Waals surface area contributed by atoms with Gasteiger partial charge < -0.3 is 4.42 Å². The number of nitrogens with zero attached hydrogens (tertiary/aromatic N) is 2. The van der Waals surface area contributed by atoms with E-state index < -0.39 is 0 Å². The molecule has 0 unspecified atom stereocenters. The first-order chi connectivity index (χ1) is 11.8. The number of piperidine rings is 1. The molecule has 24 heavy (non-hydrogen) atoms. The van der Waals surface area contributed by atoms with Crippen molar-refractivity contribution in [3.63, 3.8) is 0 Å². The lowest BCUT2D eigenvalue weighted by Gasteiger charge is -2.25. The van der Waals surface area contributed by atoms with Gasteiger partial charge in [-0.25, -0.2) is 4.98 Å². The topological polar surface area (TPSA) is 58.4 Å². The number of anilines is 1. The highest BCUT2D eigenvalue weighted by Crippen LogP contribution is 2.26. The predicted octanol–water partition coefficient (Wildman–Crippen LogP) is 4.13. The van der Waals surface area contributed by atoms with Crippen molar-refractivity contribution >= 4 is 32.6 Å². The van der Waals surface area contributed by atoms with Crippen molar-refractivity contribution in [3.8, 4) is 0 Å². The number of hydrogen-bond acceptors (Lipinski definition) is 5. The van der Waals surface area contributed by atoms with Gasteiger partial charge in [-0.1, -0.05) is 29.9 Å². The number of carbonyl (C=O) groups excluding carboxylic acids is 1. The van der Waals surface area contributed by atoms with Crippen molar-refractivity contribution in [1.82, 2.24) is 9.88 Å². The third-order valence-corrected chi connectivity index (χ3v) is 5.18. The predicted molar refractivity (Wildman–Crippen MR) is 95.4 cm³/mol. The number of aromatic nitrogens is 1. The molecule has 1 amide bonds. The van der Waals surface area contributed by atoms with Crippen LogP contribution in [0.15, 0.2) is 40.8 Å². The van der Waals surface area contributed by atoms with E-state index in [-0.39, 0.29) is 5.91 Å². The minimum atomic E-state index is -0.251. The highest BCUT2D eigenvalue weighted by atomic mass is 32.1. The first kappa shape index (κ1) is 15.4. The molecule has 1 aliphatic heterocycles. The van der Waals surface area contributed by atoms with Crippen molar-refractivity contribution in [2.45, 2.75) is 25.8 Å². The number of thiazole rings is 1. The van der Waals surface area contributed by atoms with Gasteiger partial charge in [0.15, 0.2) is 10.9 Å². The summed E-state index contributed by atoms with van der Waals surface area (Å²) in [6.07, 6.45) is 3.79. The lowest BCUT2D eigenvalue weighted by molar-refractivity contribution is 0.0992. The summed E-state index contributed by atoms with van der Waals surface area (Å²) in [5.74, 6) is 0.923. The smallest absolute Gasteiger partial charge is 0.293 e. The Labute approximate surface area is 144 Å². The van der Waals surface area contributed by atoms with Gasteiger partial charge in [-0.3, -0.25) is 15.0 Å². The fraction of sp³-hybridized carbons (Fsp3) is 0.333.